The number of fused-ring (bicyclic) bond motifs is 4. The van der Waals surface area contributed by atoms with Crippen molar-refractivity contribution in [1.82, 2.24) is 9.78 Å². The number of carbonyl (C=O) groups is 2. The molecule has 0 aliphatic carbocycles. The van der Waals surface area contributed by atoms with Gasteiger partial charge in [-0.15, -0.1) is 0 Å². The molecular weight excluding hydrogens is 478 g/mol. The van der Waals surface area contributed by atoms with Crippen LogP contribution >= 0.6 is 15.9 Å². The number of carbonyl (C=O) groups excluding carboxylic acids is 2. The summed E-state index contributed by atoms with van der Waals surface area (Å²) in [5, 5.41) is 17.3. The molecule has 0 saturated carbocycles. The van der Waals surface area contributed by atoms with Crippen LogP contribution in [0.4, 0.5) is 5.69 Å². The van der Waals surface area contributed by atoms with Gasteiger partial charge in [0.2, 0.25) is 17.7 Å². The van der Waals surface area contributed by atoms with Crippen molar-refractivity contribution in [2.75, 3.05) is 12.4 Å². The van der Waals surface area contributed by atoms with Crippen LogP contribution in [-0.2, 0) is 14.9 Å². The molecule has 1 amide bonds. The largest absolute Gasteiger partial charge is 0.464 e. The Morgan fingerprint density at radius 2 is 2.06 bits per heavy atom. The zero-order valence-corrected chi connectivity index (χ0v) is 18.1. The second kappa shape index (κ2) is 6.96. The standard InChI is InChI=1S/C22H14BrN5O4/c1-31-20(29)17-16-19(28(27-17)12-5-3-2-4-6-12)32-18(25)14(10-24)22(16)13-9-11(23)7-8-15(13)26-21(22)30/h2-9H,25H2,1H3,(H,26,30). The SMILES string of the molecule is COC(=O)c1nn(-c2ccccc2)c2c1C1(C(=O)Nc3ccc(Br)cc31)C(C#N)=C(N)O2. The van der Waals surface area contributed by atoms with Crippen LogP contribution in [0.2, 0.25) is 0 Å². The van der Waals surface area contributed by atoms with E-state index >= 15 is 0 Å². The first-order chi connectivity index (χ1) is 15.4. The number of hydrogen-bond acceptors (Lipinski definition) is 7. The van der Waals surface area contributed by atoms with Crippen molar-refractivity contribution in [3.05, 3.63) is 81.3 Å². The van der Waals surface area contributed by atoms with E-state index in [1.165, 1.54) is 11.8 Å². The first-order valence-electron chi connectivity index (χ1n) is 9.40. The lowest BCUT2D eigenvalue weighted by Gasteiger charge is -2.32. The normalized spacial score (nSPS) is 18.5. The van der Waals surface area contributed by atoms with Crippen LogP contribution in [0.1, 0.15) is 21.6 Å². The third-order valence-corrected chi connectivity index (χ3v) is 6.01. The summed E-state index contributed by atoms with van der Waals surface area (Å²) >= 11 is 3.42. The maximum absolute atomic E-state index is 13.6. The van der Waals surface area contributed by atoms with Gasteiger partial charge in [0.05, 0.1) is 18.4 Å². The Bertz CT molecular complexity index is 1390. The van der Waals surface area contributed by atoms with Gasteiger partial charge in [0.1, 0.15) is 17.1 Å². The van der Waals surface area contributed by atoms with Gasteiger partial charge in [0.25, 0.3) is 0 Å². The minimum absolute atomic E-state index is 0.0519. The molecule has 1 atom stereocenters. The molecule has 2 aliphatic heterocycles. The van der Waals surface area contributed by atoms with Gasteiger partial charge < -0.3 is 20.5 Å². The summed E-state index contributed by atoms with van der Waals surface area (Å²) in [5.74, 6) is -1.53. The number of hydrogen-bond donors (Lipinski definition) is 2. The van der Waals surface area contributed by atoms with Crippen LogP contribution in [0.15, 0.2) is 64.5 Å². The van der Waals surface area contributed by atoms with Gasteiger partial charge in [0, 0.05) is 15.7 Å². The third-order valence-electron chi connectivity index (χ3n) is 5.51. The highest BCUT2D eigenvalue weighted by Gasteiger charge is 2.60. The number of benzene rings is 2. The zero-order chi connectivity index (χ0) is 22.6. The molecule has 1 unspecified atom stereocenters. The highest BCUT2D eigenvalue weighted by Crippen LogP contribution is 2.55. The Kier molecular flexibility index (Phi) is 4.32. The molecule has 2 aromatic carbocycles. The quantitative estimate of drug-likeness (QED) is 0.526. The second-order valence-electron chi connectivity index (χ2n) is 7.11. The first kappa shape index (κ1) is 19.8. The molecule has 0 radical (unpaired) electrons. The molecule has 3 heterocycles. The molecule has 0 fully saturated rings. The van der Waals surface area contributed by atoms with E-state index in [2.05, 4.69) is 26.3 Å². The number of anilines is 1. The summed E-state index contributed by atoms with van der Waals surface area (Å²) in [4.78, 5) is 26.4. The first-order valence-corrected chi connectivity index (χ1v) is 10.2. The number of nitrogens with two attached hydrogens (primary N) is 1. The molecule has 10 heteroatoms. The maximum atomic E-state index is 13.6. The van der Waals surface area contributed by atoms with Crippen molar-refractivity contribution in [2.24, 2.45) is 5.73 Å². The fourth-order valence-corrected chi connectivity index (χ4v) is 4.55. The summed E-state index contributed by atoms with van der Waals surface area (Å²) in [6.45, 7) is 0. The van der Waals surface area contributed by atoms with E-state index in [-0.39, 0.29) is 28.6 Å². The predicted molar refractivity (Wildman–Crippen MR) is 116 cm³/mol. The second-order valence-corrected chi connectivity index (χ2v) is 8.03. The van der Waals surface area contributed by atoms with E-state index in [4.69, 9.17) is 15.2 Å². The topological polar surface area (TPSA) is 132 Å². The van der Waals surface area contributed by atoms with Gasteiger partial charge in [-0.1, -0.05) is 34.1 Å². The number of amides is 1. The van der Waals surface area contributed by atoms with Crippen LogP contribution in [-0.4, -0.2) is 28.8 Å². The molecule has 0 bridgehead atoms. The summed E-state index contributed by atoms with van der Waals surface area (Å²) in [7, 11) is 1.21. The van der Waals surface area contributed by atoms with Crippen molar-refractivity contribution in [3.63, 3.8) is 0 Å². The average molecular weight is 492 g/mol. The molecular formula is C22H14BrN5O4. The summed E-state index contributed by atoms with van der Waals surface area (Å²) in [6, 6.07) is 16.1. The maximum Gasteiger partial charge on any atom is 0.359 e. The smallest absolute Gasteiger partial charge is 0.359 e. The number of nitrogens with zero attached hydrogens (tertiary/aromatic N) is 3. The Hall–Kier alpha value is -4.10. The van der Waals surface area contributed by atoms with E-state index in [9.17, 15) is 14.9 Å². The molecule has 1 spiro atoms. The van der Waals surface area contributed by atoms with Crippen molar-refractivity contribution < 1.29 is 19.1 Å². The van der Waals surface area contributed by atoms with Gasteiger partial charge in [-0.05, 0) is 30.3 Å². The molecule has 9 nitrogen and oxygen atoms in total. The lowest BCUT2D eigenvalue weighted by molar-refractivity contribution is -0.118. The number of halogens is 1. The molecule has 1 aromatic heterocycles. The highest BCUT2D eigenvalue weighted by molar-refractivity contribution is 9.10. The van der Waals surface area contributed by atoms with E-state index in [0.717, 1.165) is 0 Å². The predicted octanol–water partition coefficient (Wildman–Crippen LogP) is 2.75. The van der Waals surface area contributed by atoms with Crippen molar-refractivity contribution in [3.8, 4) is 17.6 Å². The highest BCUT2D eigenvalue weighted by atomic mass is 79.9. The Labute approximate surface area is 190 Å². The van der Waals surface area contributed by atoms with Crippen LogP contribution in [0.25, 0.3) is 5.69 Å². The number of esters is 1. The number of methoxy groups -OCH3 is 1. The van der Waals surface area contributed by atoms with Crippen molar-refractivity contribution >= 4 is 33.5 Å². The van der Waals surface area contributed by atoms with E-state index in [1.807, 2.05) is 12.1 Å². The van der Waals surface area contributed by atoms with Gasteiger partial charge in [-0.2, -0.15) is 15.0 Å². The molecule has 32 heavy (non-hydrogen) atoms. The van der Waals surface area contributed by atoms with Gasteiger partial charge in [-0.25, -0.2) is 4.79 Å². The molecule has 158 valence electrons. The summed E-state index contributed by atoms with van der Waals surface area (Å²) in [5.41, 5.74) is 5.70. The van der Waals surface area contributed by atoms with Crippen molar-refractivity contribution in [2.45, 2.75) is 5.41 Å². The third kappa shape index (κ3) is 2.45. The monoisotopic (exact) mass is 491 g/mol. The minimum atomic E-state index is -1.75. The van der Waals surface area contributed by atoms with Gasteiger partial charge >= 0.3 is 5.97 Å². The molecule has 2 aliphatic rings. The number of rotatable bonds is 2. The lowest BCUT2D eigenvalue weighted by Crippen LogP contribution is -2.43. The molecule has 5 rings (SSSR count). The van der Waals surface area contributed by atoms with Crippen LogP contribution < -0.4 is 15.8 Å². The number of ether oxygens (including phenoxy) is 2. The number of nitriles is 1. The molecule has 3 N–H and O–H groups in total. The summed E-state index contributed by atoms with van der Waals surface area (Å²) in [6.07, 6.45) is 0. The van der Waals surface area contributed by atoms with Crippen LogP contribution in [0.3, 0.4) is 0 Å². The van der Waals surface area contributed by atoms with Crippen molar-refractivity contribution in [1.29, 1.82) is 5.26 Å². The van der Waals surface area contributed by atoms with E-state index in [0.29, 0.717) is 21.4 Å². The Balaban J connectivity index is 1.95. The number of aromatic nitrogens is 2. The van der Waals surface area contributed by atoms with Gasteiger partial charge in [-0.3, -0.25) is 4.79 Å². The van der Waals surface area contributed by atoms with Crippen LogP contribution in [0.5, 0.6) is 5.88 Å². The fraction of sp³-hybridized carbons (Fsp3) is 0.0909. The summed E-state index contributed by atoms with van der Waals surface area (Å²) < 4.78 is 12.8. The van der Waals surface area contributed by atoms with E-state index in [1.54, 1.807) is 42.5 Å². The zero-order valence-electron chi connectivity index (χ0n) is 16.5. The van der Waals surface area contributed by atoms with E-state index < -0.39 is 17.3 Å². The lowest BCUT2D eigenvalue weighted by atomic mass is 9.69. The number of nitrogens with one attached hydrogen (secondary N) is 1. The Morgan fingerprint density at radius 1 is 1.31 bits per heavy atom. The molecule has 3 aromatic rings. The average Bonchev–Trinajstić information content (AvgIpc) is 3.30. The molecule has 0 saturated heterocycles. The van der Waals surface area contributed by atoms with Gasteiger partial charge in [0.15, 0.2) is 5.69 Å². The minimum Gasteiger partial charge on any atom is -0.464 e. The van der Waals surface area contributed by atoms with Crippen LogP contribution in [0, 0.1) is 11.3 Å². The Morgan fingerprint density at radius 3 is 2.75 bits per heavy atom. The fourth-order valence-electron chi connectivity index (χ4n) is 4.19. The number of para-hydroxylation sites is 1.